The van der Waals surface area contributed by atoms with Crippen LogP contribution in [0.25, 0.3) is 22.3 Å². The number of rotatable bonds is 8. The van der Waals surface area contributed by atoms with Crippen molar-refractivity contribution in [3.8, 4) is 28.0 Å². The minimum Gasteiger partial charge on any atom is -0.429 e. The lowest BCUT2D eigenvalue weighted by Crippen LogP contribution is -2.25. The lowest BCUT2D eigenvalue weighted by Gasteiger charge is -2.37. The van der Waals surface area contributed by atoms with E-state index in [1.807, 2.05) is 19.1 Å². The zero-order valence-corrected chi connectivity index (χ0v) is 31.3. The molecule has 0 aliphatic heterocycles. The summed E-state index contributed by atoms with van der Waals surface area (Å²) in [7, 11) is 0. The van der Waals surface area contributed by atoms with E-state index in [2.05, 4.69) is 48.6 Å². The number of alkyl halides is 2. The fourth-order valence-corrected chi connectivity index (χ4v) is 8.09. The van der Waals surface area contributed by atoms with E-state index in [1.165, 1.54) is 69.1 Å². The second-order valence-corrected chi connectivity index (χ2v) is 15.1. The first-order chi connectivity index (χ1) is 26.7. The van der Waals surface area contributed by atoms with Crippen LogP contribution in [0.3, 0.4) is 0 Å². The minimum atomic E-state index is -4.74. The normalized spacial score (nSPS) is 19.8. The van der Waals surface area contributed by atoms with Crippen LogP contribution in [0.5, 0.6) is 5.75 Å². The predicted molar refractivity (Wildman–Crippen MR) is 204 cm³/mol. The van der Waals surface area contributed by atoms with Crippen LogP contribution in [0.15, 0.2) is 104 Å². The predicted octanol–water partition coefficient (Wildman–Crippen LogP) is 14.6. The molecule has 2 saturated carbocycles. The first-order valence-corrected chi connectivity index (χ1v) is 19.0. The SMILES string of the molecule is C=CC1CCC(C2CCC(c3ccc(C)cc3)CC2)CC1.Cc1ccc(-c2ccc(-c3cc(F)c(C(F)(F)Oc4cc(F)c(F)c(F)c4)c(F)c3)c(F)c2)cc1. The molecule has 7 rings (SSSR count). The monoisotopic (exact) mass is 776 g/mol. The van der Waals surface area contributed by atoms with E-state index in [-0.39, 0.29) is 23.3 Å². The first-order valence-electron chi connectivity index (χ1n) is 19.0. The molecule has 0 saturated heterocycles. The molecule has 1 nitrogen and oxygen atoms in total. The molecule has 0 atom stereocenters. The van der Waals surface area contributed by atoms with Crippen LogP contribution in [0, 0.1) is 66.5 Å². The summed E-state index contributed by atoms with van der Waals surface area (Å²) in [6.45, 7) is 8.03. The molecule has 0 unspecified atom stereocenters. The highest BCUT2D eigenvalue weighted by atomic mass is 19.3. The van der Waals surface area contributed by atoms with Gasteiger partial charge in [0.25, 0.3) is 0 Å². The average Bonchev–Trinajstić information content (AvgIpc) is 3.17. The third kappa shape index (κ3) is 9.54. The van der Waals surface area contributed by atoms with Gasteiger partial charge >= 0.3 is 6.11 Å². The van der Waals surface area contributed by atoms with Gasteiger partial charge < -0.3 is 4.74 Å². The lowest BCUT2D eigenvalue weighted by molar-refractivity contribution is -0.189. The largest absolute Gasteiger partial charge is 0.432 e. The molecule has 0 bridgehead atoms. The maximum absolute atomic E-state index is 14.8. The zero-order chi connectivity index (χ0) is 40.1. The van der Waals surface area contributed by atoms with E-state index in [0.29, 0.717) is 23.3 Å². The van der Waals surface area contributed by atoms with Gasteiger partial charge in [-0.25, -0.2) is 26.3 Å². The summed E-state index contributed by atoms with van der Waals surface area (Å²) in [5, 5.41) is 0. The van der Waals surface area contributed by atoms with Crippen molar-refractivity contribution in [2.45, 2.75) is 77.2 Å². The fraction of sp³-hybridized carbons (Fsp3) is 0.319. The molecular weight excluding hydrogens is 733 g/mol. The van der Waals surface area contributed by atoms with Crippen molar-refractivity contribution in [1.82, 2.24) is 0 Å². The summed E-state index contributed by atoms with van der Waals surface area (Å²) in [6.07, 6.45) is 8.89. The molecule has 5 aromatic rings. The Kier molecular flexibility index (Phi) is 12.7. The Morgan fingerprint density at radius 1 is 0.554 bits per heavy atom. The van der Waals surface area contributed by atoms with Crippen LogP contribution < -0.4 is 4.74 Å². The van der Waals surface area contributed by atoms with Gasteiger partial charge in [0.05, 0.1) is 0 Å². The van der Waals surface area contributed by atoms with Crippen LogP contribution in [-0.2, 0) is 6.11 Å². The lowest BCUT2D eigenvalue weighted by atomic mass is 9.68. The van der Waals surface area contributed by atoms with Gasteiger partial charge in [0.2, 0.25) is 0 Å². The Hall–Kier alpha value is -4.92. The third-order valence-electron chi connectivity index (χ3n) is 11.3. The number of ether oxygens (including phenoxy) is 1. The number of aryl methyl sites for hydroxylation is 2. The van der Waals surface area contributed by atoms with E-state index in [4.69, 9.17) is 0 Å². The highest BCUT2D eigenvalue weighted by Crippen LogP contribution is 2.44. The quantitative estimate of drug-likeness (QED) is 0.0866. The van der Waals surface area contributed by atoms with Crippen molar-refractivity contribution < 1.29 is 39.9 Å². The standard InChI is InChI=1S/C26H14F8O.C21H30/c1-13-2-4-14(5-3-13)15-6-7-18(19(27)8-15)16-9-20(28)24(21(29)10-16)26(33,34)35-17-11-22(30)25(32)23(31)12-17;1-3-17-6-10-19(11-7-17)21-14-12-20(13-15-21)18-8-4-16(2)5-9-18/h2-12H,1H3;3-5,8-9,17,19-21H,1,6-7,10-15H2,2H3. The highest BCUT2D eigenvalue weighted by Gasteiger charge is 2.42. The molecule has 0 N–H and O–H groups in total. The Labute approximate surface area is 323 Å². The second-order valence-electron chi connectivity index (χ2n) is 15.1. The molecule has 294 valence electrons. The van der Waals surface area contributed by atoms with Gasteiger partial charge in [0, 0.05) is 17.7 Å². The van der Waals surface area contributed by atoms with Crippen molar-refractivity contribution in [1.29, 1.82) is 0 Å². The molecule has 2 fully saturated rings. The van der Waals surface area contributed by atoms with Gasteiger partial charge in [0.1, 0.15) is 28.8 Å². The molecule has 2 aliphatic rings. The average molecular weight is 777 g/mol. The van der Waals surface area contributed by atoms with Gasteiger partial charge in [-0.1, -0.05) is 77.9 Å². The van der Waals surface area contributed by atoms with Gasteiger partial charge in [-0.2, -0.15) is 8.78 Å². The zero-order valence-electron chi connectivity index (χ0n) is 31.3. The van der Waals surface area contributed by atoms with E-state index in [9.17, 15) is 35.1 Å². The van der Waals surface area contributed by atoms with Gasteiger partial charge in [0.15, 0.2) is 17.5 Å². The Morgan fingerprint density at radius 3 is 1.55 bits per heavy atom. The van der Waals surface area contributed by atoms with E-state index in [1.54, 1.807) is 17.7 Å². The van der Waals surface area contributed by atoms with Crippen LogP contribution in [0.2, 0.25) is 0 Å². The molecule has 0 spiro atoms. The smallest absolute Gasteiger partial charge is 0.429 e. The van der Waals surface area contributed by atoms with Crippen molar-refractivity contribution >= 4 is 0 Å². The molecule has 56 heavy (non-hydrogen) atoms. The van der Waals surface area contributed by atoms with Crippen LogP contribution in [0.1, 0.15) is 79.5 Å². The van der Waals surface area contributed by atoms with Crippen LogP contribution in [0.4, 0.5) is 35.1 Å². The summed E-state index contributed by atoms with van der Waals surface area (Å²) in [5.41, 5.74) is 2.64. The summed E-state index contributed by atoms with van der Waals surface area (Å²) in [5.74, 6) is -7.59. The summed E-state index contributed by atoms with van der Waals surface area (Å²) in [4.78, 5) is 0. The molecule has 0 aromatic heterocycles. The Bertz CT molecular complexity index is 2080. The maximum atomic E-state index is 14.8. The molecule has 0 radical (unpaired) electrons. The second kappa shape index (κ2) is 17.5. The van der Waals surface area contributed by atoms with Crippen molar-refractivity contribution in [3.05, 3.63) is 161 Å². The number of benzene rings is 5. The minimum absolute atomic E-state index is 0.0987. The first kappa shape index (κ1) is 40.7. The van der Waals surface area contributed by atoms with Gasteiger partial charge in [-0.05, 0) is 129 Å². The Balaban J connectivity index is 0.000000215. The van der Waals surface area contributed by atoms with Gasteiger partial charge in [-0.15, -0.1) is 6.58 Å². The van der Waals surface area contributed by atoms with E-state index in [0.717, 1.165) is 35.3 Å². The molecule has 9 heteroatoms. The van der Waals surface area contributed by atoms with Crippen molar-refractivity contribution in [3.63, 3.8) is 0 Å². The molecule has 0 amide bonds. The topological polar surface area (TPSA) is 9.23 Å². The molecular formula is C47H44F8O. The third-order valence-corrected chi connectivity index (χ3v) is 11.3. The fourth-order valence-electron chi connectivity index (χ4n) is 8.09. The number of hydrogen-bond donors (Lipinski definition) is 0. The Morgan fingerprint density at radius 2 is 1.04 bits per heavy atom. The summed E-state index contributed by atoms with van der Waals surface area (Å²) >= 11 is 0. The number of halogens is 8. The summed E-state index contributed by atoms with van der Waals surface area (Å²) in [6, 6.07) is 21.5. The number of hydrogen-bond acceptors (Lipinski definition) is 1. The van der Waals surface area contributed by atoms with Crippen molar-refractivity contribution in [2.75, 3.05) is 0 Å². The highest BCUT2D eigenvalue weighted by molar-refractivity contribution is 5.71. The number of allylic oxidation sites excluding steroid dienone is 1. The van der Waals surface area contributed by atoms with Gasteiger partial charge in [-0.3, -0.25) is 0 Å². The van der Waals surface area contributed by atoms with E-state index < -0.39 is 52.3 Å². The maximum Gasteiger partial charge on any atom is 0.432 e. The van der Waals surface area contributed by atoms with Crippen LogP contribution >= 0.6 is 0 Å². The molecule has 5 aromatic carbocycles. The summed E-state index contributed by atoms with van der Waals surface area (Å²) < 4.78 is 117. The van der Waals surface area contributed by atoms with E-state index >= 15 is 0 Å². The molecule has 0 heterocycles. The van der Waals surface area contributed by atoms with Crippen LogP contribution in [-0.4, -0.2) is 0 Å². The molecule has 2 aliphatic carbocycles. The van der Waals surface area contributed by atoms with Crippen molar-refractivity contribution in [2.24, 2.45) is 17.8 Å².